The van der Waals surface area contributed by atoms with Gasteiger partial charge in [-0.1, -0.05) is 11.6 Å². The topological polar surface area (TPSA) is 38.3 Å². The lowest BCUT2D eigenvalue weighted by atomic mass is 10.2. The summed E-state index contributed by atoms with van der Waals surface area (Å²) in [6.07, 6.45) is 0. The predicted molar refractivity (Wildman–Crippen MR) is 65.7 cm³/mol. The van der Waals surface area contributed by atoms with Crippen LogP contribution in [0.5, 0.6) is 0 Å². The quantitative estimate of drug-likeness (QED) is 0.847. The molecule has 0 saturated heterocycles. The van der Waals surface area contributed by atoms with Gasteiger partial charge >= 0.3 is 5.97 Å². The van der Waals surface area contributed by atoms with Gasteiger partial charge in [-0.05, 0) is 39.0 Å². The highest BCUT2D eigenvalue weighted by Crippen LogP contribution is 2.18. The van der Waals surface area contributed by atoms with Crippen LogP contribution in [-0.2, 0) is 9.53 Å². The molecule has 0 radical (unpaired) electrons. The zero-order valence-electron chi connectivity index (χ0n) is 10.0. The fourth-order valence-corrected chi connectivity index (χ4v) is 1.34. The number of hydrogen-bond acceptors (Lipinski definition) is 3. The molecule has 3 nitrogen and oxygen atoms in total. The van der Waals surface area contributed by atoms with Crippen molar-refractivity contribution in [2.45, 2.75) is 26.4 Å². The second-order valence-electron chi connectivity index (χ2n) is 4.56. The van der Waals surface area contributed by atoms with Crippen molar-refractivity contribution in [1.29, 1.82) is 0 Å². The molecule has 1 rings (SSSR count). The van der Waals surface area contributed by atoms with Gasteiger partial charge in [-0.2, -0.15) is 0 Å². The van der Waals surface area contributed by atoms with Crippen LogP contribution in [0.2, 0.25) is 5.02 Å². The highest BCUT2D eigenvalue weighted by atomic mass is 35.5. The average Bonchev–Trinajstić information content (AvgIpc) is 2.13. The molecule has 0 atom stereocenters. The Balaban J connectivity index is 2.53. The Bertz CT molecular complexity index is 415. The van der Waals surface area contributed by atoms with Gasteiger partial charge in [0, 0.05) is 5.02 Å². The van der Waals surface area contributed by atoms with E-state index < -0.39 is 17.4 Å². The van der Waals surface area contributed by atoms with Gasteiger partial charge in [0.25, 0.3) is 0 Å². The monoisotopic (exact) mass is 259 g/mol. The largest absolute Gasteiger partial charge is 0.459 e. The van der Waals surface area contributed by atoms with Gasteiger partial charge in [-0.15, -0.1) is 0 Å². The van der Waals surface area contributed by atoms with Crippen LogP contribution in [0.3, 0.4) is 0 Å². The number of esters is 1. The number of halogens is 2. The van der Waals surface area contributed by atoms with Crippen LogP contribution >= 0.6 is 11.6 Å². The number of carbonyl (C=O) groups excluding carboxylic acids is 1. The Kier molecular flexibility index (Phi) is 4.34. The SMILES string of the molecule is CC(C)(C)OC(=O)CNc1ccc(Cl)cc1F. The van der Waals surface area contributed by atoms with Gasteiger partial charge in [-0.25, -0.2) is 4.39 Å². The van der Waals surface area contributed by atoms with Crippen molar-refractivity contribution in [1.82, 2.24) is 0 Å². The zero-order chi connectivity index (χ0) is 13.1. The van der Waals surface area contributed by atoms with Crippen LogP contribution in [-0.4, -0.2) is 18.1 Å². The van der Waals surface area contributed by atoms with Crippen LogP contribution < -0.4 is 5.32 Å². The molecule has 0 amide bonds. The lowest BCUT2D eigenvalue weighted by Crippen LogP contribution is -2.28. The number of ether oxygens (including phenoxy) is 1. The summed E-state index contributed by atoms with van der Waals surface area (Å²) in [5.74, 6) is -0.937. The third-order valence-electron chi connectivity index (χ3n) is 1.77. The van der Waals surface area contributed by atoms with Crippen molar-refractivity contribution >= 4 is 23.3 Å². The molecular formula is C12H15ClFNO2. The minimum Gasteiger partial charge on any atom is -0.459 e. The summed E-state index contributed by atoms with van der Waals surface area (Å²) in [6.45, 7) is 5.23. The first-order chi connectivity index (χ1) is 7.78. The summed E-state index contributed by atoms with van der Waals surface area (Å²) in [6, 6.07) is 4.20. The molecular weight excluding hydrogens is 245 g/mol. The smallest absolute Gasteiger partial charge is 0.325 e. The third-order valence-corrected chi connectivity index (χ3v) is 2.01. The van der Waals surface area contributed by atoms with E-state index in [0.29, 0.717) is 5.02 Å². The maximum absolute atomic E-state index is 13.3. The summed E-state index contributed by atoms with van der Waals surface area (Å²) >= 11 is 5.61. The molecule has 94 valence electrons. The summed E-state index contributed by atoms with van der Waals surface area (Å²) in [5, 5.41) is 2.96. The molecule has 0 unspecified atom stereocenters. The Morgan fingerprint density at radius 3 is 2.65 bits per heavy atom. The highest BCUT2D eigenvalue weighted by molar-refractivity contribution is 6.30. The van der Waals surface area contributed by atoms with Crippen LogP contribution in [0.1, 0.15) is 20.8 Å². The van der Waals surface area contributed by atoms with E-state index in [-0.39, 0.29) is 12.2 Å². The van der Waals surface area contributed by atoms with E-state index in [2.05, 4.69) is 5.32 Å². The molecule has 17 heavy (non-hydrogen) atoms. The second kappa shape index (κ2) is 5.36. The maximum Gasteiger partial charge on any atom is 0.325 e. The minimum absolute atomic E-state index is 0.0875. The Morgan fingerprint density at radius 1 is 1.47 bits per heavy atom. The van der Waals surface area contributed by atoms with Crippen molar-refractivity contribution in [2.24, 2.45) is 0 Å². The average molecular weight is 260 g/mol. The molecule has 0 heterocycles. The fraction of sp³-hybridized carbons (Fsp3) is 0.417. The van der Waals surface area contributed by atoms with Crippen LogP contribution in [0.15, 0.2) is 18.2 Å². The molecule has 1 N–H and O–H groups in total. The highest BCUT2D eigenvalue weighted by Gasteiger charge is 2.16. The van der Waals surface area contributed by atoms with Crippen molar-refractivity contribution in [3.63, 3.8) is 0 Å². The molecule has 1 aromatic rings. The maximum atomic E-state index is 13.3. The Hall–Kier alpha value is -1.29. The van der Waals surface area contributed by atoms with Crippen molar-refractivity contribution in [3.8, 4) is 0 Å². The van der Waals surface area contributed by atoms with Gasteiger partial charge < -0.3 is 10.1 Å². The number of carbonyl (C=O) groups is 1. The van der Waals surface area contributed by atoms with E-state index in [0.717, 1.165) is 0 Å². The molecule has 0 aliphatic rings. The van der Waals surface area contributed by atoms with Crippen molar-refractivity contribution in [2.75, 3.05) is 11.9 Å². The molecule has 1 aromatic carbocycles. The summed E-state index contributed by atoms with van der Waals surface area (Å²) in [5.41, 5.74) is -0.322. The number of hydrogen-bond donors (Lipinski definition) is 1. The number of nitrogens with one attached hydrogen (secondary N) is 1. The molecule has 5 heteroatoms. The lowest BCUT2D eigenvalue weighted by Gasteiger charge is -2.19. The minimum atomic E-state index is -0.544. The normalized spacial score (nSPS) is 11.1. The summed E-state index contributed by atoms with van der Waals surface area (Å²) in [4.78, 5) is 11.4. The molecule has 0 bridgehead atoms. The lowest BCUT2D eigenvalue weighted by molar-refractivity contribution is -0.152. The summed E-state index contributed by atoms with van der Waals surface area (Å²) in [7, 11) is 0. The first-order valence-corrected chi connectivity index (χ1v) is 5.56. The van der Waals surface area contributed by atoms with Gasteiger partial charge in [0.2, 0.25) is 0 Å². The zero-order valence-corrected chi connectivity index (χ0v) is 10.8. The molecule has 0 saturated carbocycles. The van der Waals surface area contributed by atoms with Crippen LogP contribution in [0.25, 0.3) is 0 Å². The number of rotatable bonds is 3. The van der Waals surface area contributed by atoms with Gasteiger partial charge in [0.1, 0.15) is 18.0 Å². The van der Waals surface area contributed by atoms with E-state index in [4.69, 9.17) is 16.3 Å². The molecule has 0 spiro atoms. The first kappa shape index (κ1) is 13.8. The van der Waals surface area contributed by atoms with Gasteiger partial charge in [-0.3, -0.25) is 4.79 Å². The van der Waals surface area contributed by atoms with Gasteiger partial charge in [0.15, 0.2) is 0 Å². The first-order valence-electron chi connectivity index (χ1n) is 5.19. The van der Waals surface area contributed by atoms with Gasteiger partial charge in [0.05, 0.1) is 5.69 Å². The van der Waals surface area contributed by atoms with E-state index >= 15 is 0 Å². The van der Waals surface area contributed by atoms with E-state index in [1.165, 1.54) is 12.1 Å². The van der Waals surface area contributed by atoms with E-state index in [9.17, 15) is 9.18 Å². The van der Waals surface area contributed by atoms with E-state index in [1.54, 1.807) is 26.8 Å². The Labute approximate surface area is 105 Å². The molecule has 0 aromatic heterocycles. The number of benzene rings is 1. The summed E-state index contributed by atoms with van der Waals surface area (Å²) < 4.78 is 18.4. The molecule has 0 aliphatic heterocycles. The van der Waals surface area contributed by atoms with Crippen LogP contribution in [0, 0.1) is 5.82 Å². The second-order valence-corrected chi connectivity index (χ2v) is 5.00. The predicted octanol–water partition coefficient (Wildman–Crippen LogP) is 3.23. The Morgan fingerprint density at radius 2 is 2.12 bits per heavy atom. The van der Waals surface area contributed by atoms with Crippen molar-refractivity contribution in [3.05, 3.63) is 29.0 Å². The van der Waals surface area contributed by atoms with Crippen molar-refractivity contribution < 1.29 is 13.9 Å². The number of anilines is 1. The van der Waals surface area contributed by atoms with E-state index in [1.807, 2.05) is 0 Å². The standard InChI is InChI=1S/C12H15ClFNO2/c1-12(2,3)17-11(16)7-15-10-5-4-8(13)6-9(10)14/h4-6,15H,7H2,1-3H3. The molecule has 0 aliphatic carbocycles. The fourth-order valence-electron chi connectivity index (χ4n) is 1.18. The molecule has 0 fully saturated rings. The van der Waals surface area contributed by atoms with Crippen LogP contribution in [0.4, 0.5) is 10.1 Å². The third kappa shape index (κ3) is 5.04.